The van der Waals surface area contributed by atoms with Crippen molar-refractivity contribution in [3.8, 4) is 0 Å². The van der Waals surface area contributed by atoms with Gasteiger partial charge < -0.3 is 20.5 Å². The Bertz CT molecular complexity index is 1110. The van der Waals surface area contributed by atoms with Gasteiger partial charge in [0.25, 0.3) is 0 Å². The van der Waals surface area contributed by atoms with Crippen molar-refractivity contribution in [3.63, 3.8) is 0 Å². The van der Waals surface area contributed by atoms with E-state index in [4.69, 9.17) is 4.74 Å². The van der Waals surface area contributed by atoms with Gasteiger partial charge in [0.15, 0.2) is 0 Å². The summed E-state index contributed by atoms with van der Waals surface area (Å²) in [6.45, 7) is 7.57. The van der Waals surface area contributed by atoms with Gasteiger partial charge >= 0.3 is 5.97 Å². The van der Waals surface area contributed by atoms with E-state index in [0.29, 0.717) is 17.7 Å². The van der Waals surface area contributed by atoms with Crippen molar-refractivity contribution in [1.29, 1.82) is 0 Å². The molecule has 0 aliphatic carbocycles. The Kier molecular flexibility index (Phi) is 5.99. The minimum atomic E-state index is -1.27. The van der Waals surface area contributed by atoms with Crippen LogP contribution in [-0.2, 0) is 19.9 Å². The van der Waals surface area contributed by atoms with Crippen LogP contribution in [-0.4, -0.2) is 41.6 Å². The standard InChI is InChI=1S/C25H29N3O5/c1-5-33-23(31)16-7-9-17(10-8-16)26-22(30)19-12-20(15(4)29)28-25(19)18-11-6-13(2)14(3)21(18)27-24(25)32/h6-11,15,19-20,28-29H,5,12H2,1-4H3,(H,26,30)(H,27,32)/t15-,19-,20+,25-/m0/s1. The van der Waals surface area contributed by atoms with Crippen LogP contribution in [0.25, 0.3) is 0 Å². The average molecular weight is 452 g/mol. The van der Waals surface area contributed by atoms with Crippen molar-refractivity contribution < 1.29 is 24.2 Å². The first-order chi connectivity index (χ1) is 15.7. The molecule has 8 nitrogen and oxygen atoms in total. The molecule has 4 atom stereocenters. The van der Waals surface area contributed by atoms with Gasteiger partial charge in [0.05, 0.1) is 24.2 Å². The normalized spacial score (nSPS) is 24.3. The number of esters is 1. The molecule has 0 unspecified atom stereocenters. The van der Waals surface area contributed by atoms with Crippen LogP contribution < -0.4 is 16.0 Å². The molecule has 4 rings (SSSR count). The summed E-state index contributed by atoms with van der Waals surface area (Å²) in [5, 5.41) is 19.4. The summed E-state index contributed by atoms with van der Waals surface area (Å²) in [7, 11) is 0. The van der Waals surface area contributed by atoms with E-state index in [0.717, 1.165) is 22.4 Å². The van der Waals surface area contributed by atoms with Crippen molar-refractivity contribution in [3.05, 3.63) is 58.7 Å². The molecule has 0 bridgehead atoms. The SMILES string of the molecule is CCOC(=O)c1ccc(NC(=O)[C@@H]2C[C@H]([C@H](C)O)N[C@]23C(=O)Nc2c3ccc(C)c2C)cc1. The predicted octanol–water partition coefficient (Wildman–Crippen LogP) is 2.63. The molecular weight excluding hydrogens is 422 g/mol. The van der Waals surface area contributed by atoms with Gasteiger partial charge in [-0.1, -0.05) is 12.1 Å². The highest BCUT2D eigenvalue weighted by Gasteiger charge is 2.61. The van der Waals surface area contributed by atoms with E-state index < -0.39 is 29.6 Å². The molecule has 2 heterocycles. The Morgan fingerprint density at radius 3 is 2.55 bits per heavy atom. The Labute approximate surface area is 192 Å². The summed E-state index contributed by atoms with van der Waals surface area (Å²) in [6, 6.07) is 9.81. The number of hydrogen-bond acceptors (Lipinski definition) is 6. The van der Waals surface area contributed by atoms with Gasteiger partial charge in [0, 0.05) is 23.0 Å². The van der Waals surface area contributed by atoms with Crippen LogP contribution in [0.5, 0.6) is 0 Å². The molecule has 2 aromatic carbocycles. The number of carbonyl (C=O) groups excluding carboxylic acids is 3. The number of aliphatic hydroxyl groups is 1. The van der Waals surface area contributed by atoms with Crippen LogP contribution in [0.4, 0.5) is 11.4 Å². The van der Waals surface area contributed by atoms with Gasteiger partial charge in [-0.15, -0.1) is 0 Å². The third-order valence-corrected chi connectivity index (χ3v) is 6.75. The van der Waals surface area contributed by atoms with Crippen molar-refractivity contribution in [2.45, 2.75) is 51.8 Å². The first-order valence-corrected chi connectivity index (χ1v) is 11.1. The van der Waals surface area contributed by atoms with E-state index >= 15 is 0 Å². The molecule has 0 aromatic heterocycles. The lowest BCUT2D eigenvalue weighted by Crippen LogP contribution is -2.53. The number of rotatable bonds is 5. The average Bonchev–Trinajstić information content (AvgIpc) is 3.32. The molecule has 1 saturated heterocycles. The second kappa shape index (κ2) is 8.61. The highest BCUT2D eigenvalue weighted by Crippen LogP contribution is 2.49. The van der Waals surface area contributed by atoms with E-state index in [2.05, 4.69) is 16.0 Å². The van der Waals surface area contributed by atoms with E-state index in [1.165, 1.54) is 0 Å². The summed E-state index contributed by atoms with van der Waals surface area (Å²) in [6.07, 6.45) is -0.448. The fourth-order valence-electron chi connectivity index (χ4n) is 4.77. The number of aryl methyl sites for hydroxylation is 1. The van der Waals surface area contributed by atoms with E-state index in [9.17, 15) is 19.5 Å². The lowest BCUT2D eigenvalue weighted by atomic mass is 9.78. The number of amides is 2. The van der Waals surface area contributed by atoms with Gasteiger partial charge in [0.1, 0.15) is 5.54 Å². The summed E-state index contributed by atoms with van der Waals surface area (Å²) < 4.78 is 4.99. The highest BCUT2D eigenvalue weighted by atomic mass is 16.5. The number of hydrogen-bond donors (Lipinski definition) is 4. The van der Waals surface area contributed by atoms with Gasteiger partial charge in [-0.3, -0.25) is 14.9 Å². The minimum absolute atomic E-state index is 0.279. The van der Waals surface area contributed by atoms with Crippen molar-refractivity contribution in [1.82, 2.24) is 5.32 Å². The minimum Gasteiger partial charge on any atom is -0.462 e. The molecule has 4 N–H and O–H groups in total. The third-order valence-electron chi connectivity index (χ3n) is 6.75. The molecule has 0 saturated carbocycles. The molecule has 174 valence electrons. The lowest BCUT2D eigenvalue weighted by Gasteiger charge is -2.29. The Morgan fingerprint density at radius 1 is 1.21 bits per heavy atom. The number of anilines is 2. The first-order valence-electron chi connectivity index (χ1n) is 11.1. The number of aliphatic hydroxyl groups excluding tert-OH is 1. The van der Waals surface area contributed by atoms with Crippen LogP contribution in [0, 0.1) is 19.8 Å². The molecule has 1 fully saturated rings. The predicted molar refractivity (Wildman–Crippen MR) is 124 cm³/mol. The molecule has 0 radical (unpaired) electrons. The van der Waals surface area contributed by atoms with Crippen LogP contribution in [0.2, 0.25) is 0 Å². The molecule has 1 spiro atoms. The van der Waals surface area contributed by atoms with Crippen molar-refractivity contribution in [2.24, 2.45) is 5.92 Å². The maximum absolute atomic E-state index is 13.5. The fraction of sp³-hybridized carbons (Fsp3) is 0.400. The zero-order valence-corrected chi connectivity index (χ0v) is 19.2. The van der Waals surface area contributed by atoms with E-state index in [1.54, 1.807) is 38.1 Å². The fourth-order valence-corrected chi connectivity index (χ4v) is 4.77. The maximum atomic E-state index is 13.5. The zero-order valence-electron chi connectivity index (χ0n) is 19.2. The number of benzene rings is 2. The van der Waals surface area contributed by atoms with Gasteiger partial charge in [0.2, 0.25) is 11.8 Å². The van der Waals surface area contributed by atoms with Gasteiger partial charge in [-0.05, 0) is 69.5 Å². The van der Waals surface area contributed by atoms with Gasteiger partial charge in [-0.2, -0.15) is 0 Å². The maximum Gasteiger partial charge on any atom is 0.338 e. The Balaban J connectivity index is 1.66. The van der Waals surface area contributed by atoms with Gasteiger partial charge in [-0.25, -0.2) is 4.79 Å². The monoisotopic (exact) mass is 451 g/mol. The number of ether oxygens (including phenoxy) is 1. The molecule has 2 aliphatic rings. The summed E-state index contributed by atoms with van der Waals surface area (Å²) in [4.78, 5) is 38.7. The molecular formula is C25H29N3O5. The van der Waals surface area contributed by atoms with E-state index in [-0.39, 0.29) is 18.4 Å². The first kappa shape index (κ1) is 22.9. The van der Waals surface area contributed by atoms with Crippen LogP contribution >= 0.6 is 0 Å². The molecule has 2 aliphatic heterocycles. The zero-order chi connectivity index (χ0) is 23.9. The second-order valence-corrected chi connectivity index (χ2v) is 8.76. The van der Waals surface area contributed by atoms with Crippen LogP contribution in [0.15, 0.2) is 36.4 Å². The molecule has 33 heavy (non-hydrogen) atoms. The summed E-state index contributed by atoms with van der Waals surface area (Å²) >= 11 is 0. The number of carbonyl (C=O) groups is 3. The highest BCUT2D eigenvalue weighted by molar-refractivity contribution is 6.11. The quantitative estimate of drug-likeness (QED) is 0.520. The van der Waals surface area contributed by atoms with E-state index in [1.807, 2.05) is 26.0 Å². The lowest BCUT2D eigenvalue weighted by molar-refractivity contribution is -0.130. The molecule has 2 amide bonds. The second-order valence-electron chi connectivity index (χ2n) is 8.76. The van der Waals surface area contributed by atoms with Crippen LogP contribution in [0.1, 0.15) is 47.3 Å². The Hall–Kier alpha value is -3.23. The Morgan fingerprint density at radius 2 is 1.91 bits per heavy atom. The number of nitrogens with one attached hydrogen (secondary N) is 3. The van der Waals surface area contributed by atoms with Crippen LogP contribution in [0.3, 0.4) is 0 Å². The smallest absolute Gasteiger partial charge is 0.338 e. The number of fused-ring (bicyclic) bond motifs is 2. The molecule has 2 aromatic rings. The summed E-state index contributed by atoms with van der Waals surface area (Å²) in [5.74, 6) is -1.81. The molecule has 8 heteroatoms. The summed E-state index contributed by atoms with van der Waals surface area (Å²) in [5.41, 5.74) is 3.05. The van der Waals surface area contributed by atoms with Crippen molar-refractivity contribution >= 4 is 29.2 Å². The largest absolute Gasteiger partial charge is 0.462 e. The topological polar surface area (TPSA) is 117 Å². The van der Waals surface area contributed by atoms with Crippen molar-refractivity contribution in [2.75, 3.05) is 17.2 Å². The third kappa shape index (κ3) is 3.79.